The van der Waals surface area contributed by atoms with Gasteiger partial charge in [0.1, 0.15) is 12.3 Å². The van der Waals surface area contributed by atoms with E-state index in [1.165, 1.54) is 10.8 Å². The van der Waals surface area contributed by atoms with Crippen molar-refractivity contribution in [3.8, 4) is 0 Å². The van der Waals surface area contributed by atoms with Crippen molar-refractivity contribution in [3.63, 3.8) is 0 Å². The van der Waals surface area contributed by atoms with Crippen molar-refractivity contribution in [1.29, 1.82) is 0 Å². The molecule has 0 bridgehead atoms. The molecule has 2 fully saturated rings. The van der Waals surface area contributed by atoms with Gasteiger partial charge in [0.15, 0.2) is 0 Å². The molecule has 10 nitrogen and oxygen atoms in total. The lowest BCUT2D eigenvalue weighted by Gasteiger charge is -2.51. The van der Waals surface area contributed by atoms with Crippen molar-refractivity contribution in [2.75, 3.05) is 13.2 Å². The molecule has 0 aliphatic carbocycles. The van der Waals surface area contributed by atoms with Gasteiger partial charge in [-0.25, -0.2) is 4.79 Å². The van der Waals surface area contributed by atoms with Crippen LogP contribution >= 0.6 is 15.9 Å². The third-order valence-corrected chi connectivity index (χ3v) is 18.5. The third-order valence-electron chi connectivity index (χ3n) is 7.71. The molecule has 2 saturated heterocycles. The summed E-state index contributed by atoms with van der Waals surface area (Å²) in [5, 5.41) is 0. The second-order valence-electron chi connectivity index (χ2n) is 11.4. The van der Waals surface area contributed by atoms with E-state index in [-0.39, 0.29) is 46.3 Å². The molecule has 4 atom stereocenters. The zero-order valence-electron chi connectivity index (χ0n) is 23.9. The number of hydrogen-bond donors (Lipinski definition) is 1. The van der Waals surface area contributed by atoms with Gasteiger partial charge < -0.3 is 22.4 Å². The van der Waals surface area contributed by atoms with Gasteiger partial charge in [0.25, 0.3) is 5.56 Å². The van der Waals surface area contributed by atoms with Crippen LogP contribution in [0.25, 0.3) is 0 Å². The van der Waals surface area contributed by atoms with Gasteiger partial charge in [-0.3, -0.25) is 19.1 Å². The van der Waals surface area contributed by atoms with Crippen molar-refractivity contribution in [3.05, 3.63) is 31.5 Å². The highest BCUT2D eigenvalue weighted by molar-refractivity contribution is 9.10. The third kappa shape index (κ3) is 5.84. The molecule has 2 aliphatic heterocycles. The summed E-state index contributed by atoms with van der Waals surface area (Å²) in [6.07, 6.45) is -0.631. The number of ether oxygens (including phenoxy) is 2. The minimum Gasteiger partial charge on any atom is -0.466 e. The summed E-state index contributed by atoms with van der Waals surface area (Å²) in [5.41, 5.74) is -0.675. The highest BCUT2D eigenvalue weighted by atomic mass is 79.9. The van der Waals surface area contributed by atoms with Crippen LogP contribution in [-0.2, 0) is 27.2 Å². The quantitative estimate of drug-likeness (QED) is 0.322. The van der Waals surface area contributed by atoms with E-state index in [2.05, 4.69) is 76.3 Å². The van der Waals surface area contributed by atoms with Gasteiger partial charge in [-0.1, -0.05) is 55.4 Å². The van der Waals surface area contributed by atoms with Crippen LogP contribution in [0.5, 0.6) is 0 Å². The first-order chi connectivity index (χ1) is 17.7. The number of nitrogens with one attached hydrogen (secondary N) is 1. The van der Waals surface area contributed by atoms with E-state index < -0.39 is 58.7 Å². The smallest absolute Gasteiger partial charge is 0.335 e. The maximum absolute atomic E-state index is 12.9. The Kier molecular flexibility index (Phi) is 10.1. The topological polar surface area (TPSA) is 118 Å². The van der Waals surface area contributed by atoms with Crippen LogP contribution in [0.3, 0.4) is 0 Å². The van der Waals surface area contributed by atoms with Gasteiger partial charge in [-0.15, -0.1) is 0 Å². The maximum atomic E-state index is 12.9. The average Bonchev–Trinajstić information content (AvgIpc) is 3.11. The Labute approximate surface area is 235 Å². The normalized spacial score (nSPS) is 27.0. The molecule has 3 rings (SSSR count). The van der Waals surface area contributed by atoms with E-state index in [9.17, 15) is 14.4 Å². The van der Waals surface area contributed by atoms with E-state index in [0.29, 0.717) is 0 Å². The molecule has 1 N–H and O–H groups in total. The SMILES string of the molecule is CCOC(=O)C[C@H]1[C@@H]2O[Si](C(C)C)(C(C)C)O[Si](C(C)C)(C(C)C)OC[C@H]2O[C@H]1n1cc(Br)c(=O)[nH]c1=O. The largest absolute Gasteiger partial charge is 0.466 e. The van der Waals surface area contributed by atoms with E-state index in [1.54, 1.807) is 6.92 Å². The fourth-order valence-electron chi connectivity index (χ4n) is 5.78. The Morgan fingerprint density at radius 1 is 1.08 bits per heavy atom. The molecule has 0 radical (unpaired) electrons. The minimum absolute atomic E-state index is 0.0273. The van der Waals surface area contributed by atoms with Gasteiger partial charge >= 0.3 is 28.8 Å². The van der Waals surface area contributed by atoms with Gasteiger partial charge in [0.2, 0.25) is 0 Å². The number of halogens is 1. The van der Waals surface area contributed by atoms with Crippen molar-refractivity contribution in [2.24, 2.45) is 5.92 Å². The number of H-pyrrole nitrogens is 1. The Morgan fingerprint density at radius 2 is 1.66 bits per heavy atom. The van der Waals surface area contributed by atoms with Gasteiger partial charge in [0, 0.05) is 12.1 Å². The number of esters is 1. The van der Waals surface area contributed by atoms with E-state index in [0.717, 1.165) is 0 Å². The van der Waals surface area contributed by atoms with Crippen molar-refractivity contribution in [1.82, 2.24) is 9.55 Å². The van der Waals surface area contributed by atoms with Crippen LogP contribution in [0.2, 0.25) is 22.2 Å². The number of aromatic amines is 1. The summed E-state index contributed by atoms with van der Waals surface area (Å²) in [6, 6.07) is 0. The highest BCUT2D eigenvalue weighted by Gasteiger charge is 2.62. The van der Waals surface area contributed by atoms with Crippen molar-refractivity contribution < 1.29 is 27.2 Å². The number of hydrogen-bond acceptors (Lipinski definition) is 8. The summed E-state index contributed by atoms with van der Waals surface area (Å²) in [4.78, 5) is 40.1. The second kappa shape index (κ2) is 12.2. The Balaban J connectivity index is 2.19. The standard InChI is InChI=1S/C25H43BrN2O8Si2/c1-10-32-21(29)11-18-22-20(34-24(18)28-12-19(26)23(30)27-25(28)31)13-33-37(14(2)3,15(4)5)36-38(35-22,16(6)7)17(8)9/h12,14-18,20,22,24H,10-11,13H2,1-9H3,(H,27,30,31)/t18-,20+,22-,24+/m0/s1. The molecule has 0 spiro atoms. The minimum atomic E-state index is -2.99. The molecule has 13 heteroatoms. The first kappa shape index (κ1) is 31.4. The molecule has 38 heavy (non-hydrogen) atoms. The summed E-state index contributed by atoms with van der Waals surface area (Å²) >= 11 is 3.21. The fourth-order valence-corrected chi connectivity index (χ4v) is 17.3. The molecule has 0 aromatic carbocycles. The van der Waals surface area contributed by atoms with Gasteiger partial charge in [-0.2, -0.15) is 0 Å². The summed E-state index contributed by atoms with van der Waals surface area (Å²) in [5.74, 6) is -0.983. The highest BCUT2D eigenvalue weighted by Crippen LogP contribution is 2.50. The predicted molar refractivity (Wildman–Crippen MR) is 151 cm³/mol. The lowest BCUT2D eigenvalue weighted by molar-refractivity contribution is -0.146. The number of fused-ring (bicyclic) bond motifs is 1. The molecule has 2 aliphatic rings. The Morgan fingerprint density at radius 3 is 2.18 bits per heavy atom. The van der Waals surface area contributed by atoms with E-state index >= 15 is 0 Å². The predicted octanol–water partition coefficient (Wildman–Crippen LogP) is 4.72. The molecular formula is C25H43BrN2O8Si2. The molecule has 0 amide bonds. The summed E-state index contributed by atoms with van der Waals surface area (Å²) < 4.78 is 34.5. The number of carbonyl (C=O) groups is 1. The average molecular weight is 636 g/mol. The summed E-state index contributed by atoms with van der Waals surface area (Å²) in [6.45, 7) is 19.3. The van der Waals surface area contributed by atoms with Crippen LogP contribution in [-0.4, -0.2) is 58.1 Å². The van der Waals surface area contributed by atoms with Gasteiger partial charge in [-0.05, 0) is 45.0 Å². The fraction of sp³-hybridized carbons (Fsp3) is 0.800. The van der Waals surface area contributed by atoms with Gasteiger partial charge in [0.05, 0.1) is 30.2 Å². The molecule has 3 heterocycles. The second-order valence-corrected chi connectivity index (χ2v) is 21.1. The van der Waals surface area contributed by atoms with E-state index in [4.69, 9.17) is 22.4 Å². The lowest BCUT2D eigenvalue weighted by Crippen LogP contribution is -2.65. The van der Waals surface area contributed by atoms with Crippen molar-refractivity contribution in [2.45, 2.75) is 109 Å². The number of nitrogens with zero attached hydrogens (tertiary/aromatic N) is 1. The number of carbonyl (C=O) groups excluding carboxylic acids is 1. The molecular weight excluding hydrogens is 592 g/mol. The van der Waals surface area contributed by atoms with Crippen LogP contribution in [0.4, 0.5) is 0 Å². The Hall–Kier alpha value is -1.10. The van der Waals surface area contributed by atoms with Crippen LogP contribution in [0.1, 0.15) is 75.0 Å². The first-order valence-electron chi connectivity index (χ1n) is 13.5. The number of aromatic nitrogens is 2. The Bertz CT molecular complexity index is 1090. The molecule has 0 unspecified atom stereocenters. The zero-order valence-corrected chi connectivity index (χ0v) is 27.5. The molecule has 1 aromatic rings. The first-order valence-corrected chi connectivity index (χ1v) is 18.3. The lowest BCUT2D eigenvalue weighted by atomic mass is 9.96. The van der Waals surface area contributed by atoms with Crippen molar-refractivity contribution >= 4 is 39.0 Å². The van der Waals surface area contributed by atoms with E-state index in [1.807, 2.05) is 0 Å². The van der Waals surface area contributed by atoms with Crippen LogP contribution < -0.4 is 11.2 Å². The molecule has 0 saturated carbocycles. The molecule has 216 valence electrons. The van der Waals surface area contributed by atoms with Crippen LogP contribution in [0.15, 0.2) is 20.3 Å². The zero-order chi connectivity index (χ0) is 28.6. The maximum Gasteiger partial charge on any atom is 0.335 e. The molecule has 1 aromatic heterocycles. The summed E-state index contributed by atoms with van der Waals surface area (Å²) in [7, 11) is -5.79. The number of rotatable bonds is 8. The van der Waals surface area contributed by atoms with Crippen LogP contribution in [0, 0.1) is 5.92 Å². The monoisotopic (exact) mass is 634 g/mol.